The van der Waals surface area contributed by atoms with Crippen molar-refractivity contribution in [1.82, 2.24) is 9.62 Å². The van der Waals surface area contributed by atoms with Crippen LogP contribution in [0.4, 0.5) is 5.69 Å². The number of anilines is 1. The molecule has 0 atom stereocenters. The number of halogens is 2. The van der Waals surface area contributed by atoms with Crippen molar-refractivity contribution in [2.45, 2.75) is 4.90 Å². The highest BCUT2D eigenvalue weighted by molar-refractivity contribution is 7.89. The SMILES string of the molecule is COc1ccccc1N1CCN(C(=O)CNS(=O)(=O)c2cc(Cl)ccc2Cl)CC1. The number of methoxy groups -OCH3 is 1. The number of hydrogen-bond donors (Lipinski definition) is 1. The van der Waals surface area contributed by atoms with Crippen LogP contribution in [0, 0.1) is 0 Å². The fraction of sp³-hybridized carbons (Fsp3) is 0.316. The first-order valence-electron chi connectivity index (χ1n) is 8.92. The van der Waals surface area contributed by atoms with Gasteiger partial charge in [-0.15, -0.1) is 0 Å². The number of sulfonamides is 1. The van der Waals surface area contributed by atoms with E-state index in [0.29, 0.717) is 26.2 Å². The highest BCUT2D eigenvalue weighted by atomic mass is 35.5. The highest BCUT2D eigenvalue weighted by Crippen LogP contribution is 2.28. The Morgan fingerprint density at radius 2 is 1.79 bits per heavy atom. The minimum Gasteiger partial charge on any atom is -0.495 e. The van der Waals surface area contributed by atoms with Crippen molar-refractivity contribution < 1.29 is 17.9 Å². The summed E-state index contributed by atoms with van der Waals surface area (Å²) in [6.45, 7) is 1.87. The molecule has 1 N–H and O–H groups in total. The maximum absolute atomic E-state index is 12.5. The molecule has 7 nitrogen and oxygen atoms in total. The lowest BCUT2D eigenvalue weighted by atomic mass is 10.2. The zero-order chi connectivity index (χ0) is 21.0. The van der Waals surface area contributed by atoms with E-state index in [9.17, 15) is 13.2 Å². The molecule has 1 amide bonds. The minimum atomic E-state index is -3.95. The third-order valence-corrected chi connectivity index (χ3v) is 6.77. The maximum Gasteiger partial charge on any atom is 0.242 e. The predicted molar refractivity (Wildman–Crippen MR) is 113 cm³/mol. The molecule has 29 heavy (non-hydrogen) atoms. The first-order chi connectivity index (χ1) is 13.8. The third-order valence-electron chi connectivity index (χ3n) is 4.65. The van der Waals surface area contributed by atoms with Gasteiger partial charge in [-0.3, -0.25) is 4.79 Å². The number of carbonyl (C=O) groups excluding carboxylic acids is 1. The molecule has 156 valence electrons. The Balaban J connectivity index is 1.58. The molecule has 2 aromatic rings. The van der Waals surface area contributed by atoms with Gasteiger partial charge in [0.25, 0.3) is 0 Å². The Morgan fingerprint density at radius 1 is 1.10 bits per heavy atom. The van der Waals surface area contributed by atoms with Crippen molar-refractivity contribution in [2.75, 3.05) is 44.7 Å². The Labute approximate surface area is 180 Å². The van der Waals surface area contributed by atoms with E-state index < -0.39 is 10.0 Å². The van der Waals surface area contributed by atoms with Gasteiger partial charge in [-0.2, -0.15) is 0 Å². The van der Waals surface area contributed by atoms with Gasteiger partial charge in [0.1, 0.15) is 10.6 Å². The molecule has 0 unspecified atom stereocenters. The van der Waals surface area contributed by atoms with E-state index in [2.05, 4.69) is 9.62 Å². The molecule has 0 aromatic heterocycles. The summed E-state index contributed by atoms with van der Waals surface area (Å²) in [6, 6.07) is 11.8. The van der Waals surface area contributed by atoms with Crippen LogP contribution in [0.3, 0.4) is 0 Å². The molecule has 2 aromatic carbocycles. The molecular weight excluding hydrogens is 437 g/mol. The second-order valence-electron chi connectivity index (χ2n) is 6.44. The smallest absolute Gasteiger partial charge is 0.242 e. The van der Waals surface area contributed by atoms with E-state index in [4.69, 9.17) is 27.9 Å². The number of ether oxygens (including phenoxy) is 1. The van der Waals surface area contributed by atoms with Gasteiger partial charge >= 0.3 is 0 Å². The number of nitrogens with zero attached hydrogens (tertiary/aromatic N) is 2. The van der Waals surface area contributed by atoms with Crippen molar-refractivity contribution in [1.29, 1.82) is 0 Å². The standard InChI is InChI=1S/C19H21Cl2N3O4S/c1-28-17-5-3-2-4-16(17)23-8-10-24(11-9-23)19(25)13-22-29(26,27)18-12-14(20)6-7-15(18)21/h2-7,12,22H,8-11,13H2,1H3. The topological polar surface area (TPSA) is 79.0 Å². The number of nitrogens with one attached hydrogen (secondary N) is 1. The number of benzene rings is 2. The Bertz CT molecular complexity index is 993. The quantitative estimate of drug-likeness (QED) is 0.720. The Hall–Kier alpha value is -2.00. The average molecular weight is 458 g/mol. The molecule has 3 rings (SSSR count). The van der Waals surface area contributed by atoms with Crippen LogP contribution < -0.4 is 14.4 Å². The summed E-state index contributed by atoms with van der Waals surface area (Å²) in [4.78, 5) is 16.1. The van der Waals surface area contributed by atoms with E-state index in [1.54, 1.807) is 12.0 Å². The van der Waals surface area contributed by atoms with E-state index in [0.717, 1.165) is 11.4 Å². The monoisotopic (exact) mass is 457 g/mol. The van der Waals surface area contributed by atoms with Gasteiger partial charge in [0, 0.05) is 31.2 Å². The second-order valence-corrected chi connectivity index (χ2v) is 9.02. The summed E-state index contributed by atoms with van der Waals surface area (Å²) in [5.74, 6) is 0.477. The molecule has 0 aliphatic carbocycles. The molecule has 1 heterocycles. The predicted octanol–water partition coefficient (Wildman–Crippen LogP) is 2.63. The lowest BCUT2D eigenvalue weighted by Gasteiger charge is -2.36. The molecule has 0 radical (unpaired) electrons. The Kier molecular flexibility index (Phi) is 6.89. The number of para-hydroxylation sites is 2. The number of amides is 1. The van der Waals surface area contributed by atoms with Crippen LogP contribution >= 0.6 is 23.2 Å². The molecule has 1 saturated heterocycles. The Morgan fingerprint density at radius 3 is 2.48 bits per heavy atom. The fourth-order valence-electron chi connectivity index (χ4n) is 3.12. The average Bonchev–Trinajstić information content (AvgIpc) is 2.73. The molecule has 0 saturated carbocycles. The van der Waals surface area contributed by atoms with Crippen molar-refractivity contribution in [3.63, 3.8) is 0 Å². The molecule has 10 heteroatoms. The van der Waals surface area contributed by atoms with Crippen molar-refractivity contribution >= 4 is 44.8 Å². The minimum absolute atomic E-state index is 0.0415. The number of carbonyl (C=O) groups is 1. The molecule has 1 aliphatic rings. The van der Waals surface area contributed by atoms with Gasteiger partial charge in [0.2, 0.25) is 15.9 Å². The zero-order valence-corrected chi connectivity index (χ0v) is 18.1. The van der Waals surface area contributed by atoms with Crippen LogP contribution in [0.1, 0.15) is 0 Å². The molecule has 1 fully saturated rings. The summed E-state index contributed by atoms with van der Waals surface area (Å²) in [5.41, 5.74) is 0.971. The van der Waals surface area contributed by atoms with Gasteiger partial charge in [-0.1, -0.05) is 35.3 Å². The van der Waals surface area contributed by atoms with Gasteiger partial charge in [-0.05, 0) is 30.3 Å². The van der Waals surface area contributed by atoms with Crippen LogP contribution in [0.5, 0.6) is 5.75 Å². The molecule has 1 aliphatic heterocycles. The van der Waals surface area contributed by atoms with E-state index >= 15 is 0 Å². The first-order valence-corrected chi connectivity index (χ1v) is 11.2. The van der Waals surface area contributed by atoms with Gasteiger partial charge < -0.3 is 14.5 Å². The van der Waals surface area contributed by atoms with Gasteiger partial charge in [0.15, 0.2) is 0 Å². The fourth-order valence-corrected chi connectivity index (χ4v) is 4.85. The highest BCUT2D eigenvalue weighted by Gasteiger charge is 2.25. The number of piperazine rings is 1. The summed E-state index contributed by atoms with van der Waals surface area (Å²) in [5, 5.41) is 0.285. The molecule has 0 spiro atoms. The number of hydrogen-bond acceptors (Lipinski definition) is 5. The third kappa shape index (κ3) is 5.14. The molecule has 0 bridgehead atoms. The summed E-state index contributed by atoms with van der Waals surface area (Å²) < 4.78 is 32.6. The summed E-state index contributed by atoms with van der Waals surface area (Å²) in [7, 11) is -2.33. The second kappa shape index (κ2) is 9.21. The van der Waals surface area contributed by atoms with Crippen LogP contribution in [-0.4, -0.2) is 59.1 Å². The molecular formula is C19H21Cl2N3O4S. The zero-order valence-electron chi connectivity index (χ0n) is 15.8. The summed E-state index contributed by atoms with van der Waals surface area (Å²) >= 11 is 11.8. The van der Waals surface area contributed by atoms with Gasteiger partial charge in [-0.25, -0.2) is 13.1 Å². The summed E-state index contributed by atoms with van der Waals surface area (Å²) in [6.07, 6.45) is 0. The van der Waals surface area contributed by atoms with E-state index in [1.807, 2.05) is 24.3 Å². The van der Waals surface area contributed by atoms with E-state index in [1.165, 1.54) is 18.2 Å². The lowest BCUT2D eigenvalue weighted by Crippen LogP contribution is -2.51. The van der Waals surface area contributed by atoms with E-state index in [-0.39, 0.29) is 27.4 Å². The van der Waals surface area contributed by atoms with Crippen LogP contribution in [0.2, 0.25) is 10.0 Å². The number of rotatable bonds is 6. The van der Waals surface area contributed by atoms with Crippen LogP contribution in [0.25, 0.3) is 0 Å². The largest absolute Gasteiger partial charge is 0.495 e. The van der Waals surface area contributed by atoms with Crippen LogP contribution in [0.15, 0.2) is 47.4 Å². The first kappa shape index (κ1) is 21.7. The van der Waals surface area contributed by atoms with Gasteiger partial charge in [0.05, 0.1) is 24.4 Å². The normalized spacial score (nSPS) is 14.7. The van der Waals surface area contributed by atoms with Crippen molar-refractivity contribution in [3.8, 4) is 5.75 Å². The van der Waals surface area contributed by atoms with Crippen LogP contribution in [-0.2, 0) is 14.8 Å². The van der Waals surface area contributed by atoms with Crippen molar-refractivity contribution in [2.24, 2.45) is 0 Å². The maximum atomic E-state index is 12.5. The van der Waals surface area contributed by atoms with Crippen molar-refractivity contribution in [3.05, 3.63) is 52.5 Å². The lowest BCUT2D eigenvalue weighted by molar-refractivity contribution is -0.130.